The SMILES string of the molecule is Cc1ccccc1OCC(O)CN(C)C1CCN(Cc2ccncc2)CC1. The Morgan fingerprint density at radius 3 is 2.59 bits per heavy atom. The lowest BCUT2D eigenvalue weighted by Crippen LogP contribution is -2.46. The summed E-state index contributed by atoms with van der Waals surface area (Å²) in [5.41, 5.74) is 2.42. The third-order valence-electron chi connectivity index (χ3n) is 5.36. The number of para-hydroxylation sites is 1. The maximum Gasteiger partial charge on any atom is 0.122 e. The van der Waals surface area contributed by atoms with Crippen molar-refractivity contribution in [1.82, 2.24) is 14.8 Å². The van der Waals surface area contributed by atoms with Gasteiger partial charge in [-0.3, -0.25) is 9.88 Å². The van der Waals surface area contributed by atoms with Crippen molar-refractivity contribution >= 4 is 0 Å². The van der Waals surface area contributed by atoms with Crippen LogP contribution >= 0.6 is 0 Å². The van der Waals surface area contributed by atoms with Crippen LogP contribution in [-0.2, 0) is 6.54 Å². The van der Waals surface area contributed by atoms with Gasteiger partial charge in [-0.15, -0.1) is 0 Å². The zero-order valence-electron chi connectivity index (χ0n) is 16.4. The van der Waals surface area contributed by atoms with Crippen LogP contribution in [0.15, 0.2) is 48.8 Å². The van der Waals surface area contributed by atoms with Crippen LogP contribution in [0.25, 0.3) is 0 Å². The molecule has 2 aromatic rings. The number of rotatable bonds is 8. The molecular weight excluding hydrogens is 338 g/mol. The van der Waals surface area contributed by atoms with Gasteiger partial charge >= 0.3 is 0 Å². The van der Waals surface area contributed by atoms with Gasteiger partial charge in [0, 0.05) is 31.5 Å². The van der Waals surface area contributed by atoms with Crippen LogP contribution in [0.3, 0.4) is 0 Å². The molecule has 3 rings (SSSR count). The fourth-order valence-electron chi connectivity index (χ4n) is 3.70. The lowest BCUT2D eigenvalue weighted by Gasteiger charge is -2.37. The Bertz CT molecular complexity index is 687. The van der Waals surface area contributed by atoms with Gasteiger partial charge in [-0.2, -0.15) is 0 Å². The smallest absolute Gasteiger partial charge is 0.122 e. The number of aliphatic hydroxyl groups excluding tert-OH is 1. The quantitative estimate of drug-likeness (QED) is 0.775. The first-order chi connectivity index (χ1) is 13.1. The molecule has 5 nitrogen and oxygen atoms in total. The molecule has 1 saturated heterocycles. The number of aryl methyl sites for hydroxylation is 1. The fraction of sp³-hybridized carbons (Fsp3) is 0.500. The first kappa shape index (κ1) is 19.8. The van der Waals surface area contributed by atoms with Gasteiger partial charge in [-0.05, 0) is 69.2 Å². The van der Waals surface area contributed by atoms with Crippen LogP contribution in [0.4, 0.5) is 0 Å². The normalized spacial score (nSPS) is 17.2. The summed E-state index contributed by atoms with van der Waals surface area (Å²) in [6.45, 7) is 6.16. The lowest BCUT2D eigenvalue weighted by molar-refractivity contribution is 0.0461. The summed E-state index contributed by atoms with van der Waals surface area (Å²) in [5.74, 6) is 0.851. The van der Waals surface area contributed by atoms with Gasteiger partial charge in [0.05, 0.1) is 0 Å². The molecule has 1 atom stereocenters. The average molecular weight is 370 g/mol. The molecule has 0 radical (unpaired) electrons. The van der Waals surface area contributed by atoms with E-state index in [0.717, 1.165) is 43.8 Å². The van der Waals surface area contributed by atoms with Crippen LogP contribution in [0.5, 0.6) is 5.75 Å². The van der Waals surface area contributed by atoms with Crippen molar-refractivity contribution in [2.75, 3.05) is 33.3 Å². The second kappa shape index (κ2) is 9.83. The standard InChI is InChI=1S/C22H31N3O2/c1-18-5-3-4-6-22(18)27-17-21(26)16-24(2)20-9-13-25(14-10-20)15-19-7-11-23-12-8-19/h3-8,11-12,20-21,26H,9-10,13-17H2,1-2H3. The maximum absolute atomic E-state index is 10.4. The molecule has 1 fully saturated rings. The van der Waals surface area contributed by atoms with E-state index in [4.69, 9.17) is 4.74 Å². The Morgan fingerprint density at radius 2 is 1.89 bits per heavy atom. The molecule has 0 spiro atoms. The number of pyridine rings is 1. The van der Waals surface area contributed by atoms with Crippen molar-refractivity contribution in [1.29, 1.82) is 0 Å². The molecule has 1 aliphatic heterocycles. The molecule has 146 valence electrons. The van der Waals surface area contributed by atoms with Gasteiger partial charge in [0.25, 0.3) is 0 Å². The summed E-state index contributed by atoms with van der Waals surface area (Å²) in [5, 5.41) is 10.4. The highest BCUT2D eigenvalue weighted by atomic mass is 16.5. The third-order valence-corrected chi connectivity index (χ3v) is 5.36. The van der Waals surface area contributed by atoms with Gasteiger partial charge in [0.15, 0.2) is 0 Å². The van der Waals surface area contributed by atoms with Crippen molar-refractivity contribution in [3.05, 3.63) is 59.9 Å². The summed E-state index contributed by atoms with van der Waals surface area (Å²) >= 11 is 0. The van der Waals surface area contributed by atoms with Crippen LogP contribution in [0.1, 0.15) is 24.0 Å². The molecule has 1 aromatic carbocycles. The van der Waals surface area contributed by atoms with Crippen molar-refractivity contribution in [2.24, 2.45) is 0 Å². The molecule has 0 aliphatic carbocycles. The number of piperidine rings is 1. The highest BCUT2D eigenvalue weighted by Crippen LogP contribution is 2.19. The summed E-state index contributed by atoms with van der Waals surface area (Å²) in [6, 6.07) is 12.6. The van der Waals surface area contributed by atoms with Gasteiger partial charge in [-0.1, -0.05) is 18.2 Å². The number of hydrogen-bond donors (Lipinski definition) is 1. The highest BCUT2D eigenvalue weighted by molar-refractivity contribution is 5.31. The predicted molar refractivity (Wildman–Crippen MR) is 108 cm³/mol. The first-order valence-electron chi connectivity index (χ1n) is 9.80. The molecule has 0 bridgehead atoms. The highest BCUT2D eigenvalue weighted by Gasteiger charge is 2.24. The summed E-state index contributed by atoms with van der Waals surface area (Å²) in [7, 11) is 2.11. The number of aromatic nitrogens is 1. The Labute approximate surface area is 162 Å². The lowest BCUT2D eigenvalue weighted by atomic mass is 10.0. The third kappa shape index (κ3) is 6.03. The van der Waals surface area contributed by atoms with Crippen LogP contribution in [-0.4, -0.2) is 65.3 Å². The predicted octanol–water partition coefficient (Wildman–Crippen LogP) is 2.73. The Hall–Kier alpha value is -1.95. The van der Waals surface area contributed by atoms with Crippen molar-refractivity contribution < 1.29 is 9.84 Å². The summed E-state index contributed by atoms with van der Waals surface area (Å²) in [6.07, 6.45) is 5.50. The molecule has 2 heterocycles. The van der Waals surface area contributed by atoms with Gasteiger partial charge in [0.1, 0.15) is 18.5 Å². The Kier molecular flexibility index (Phi) is 7.21. The molecule has 1 aliphatic rings. The number of hydrogen-bond acceptors (Lipinski definition) is 5. The summed E-state index contributed by atoms with van der Waals surface area (Å²) < 4.78 is 5.78. The van der Waals surface area contributed by atoms with Crippen LogP contribution in [0.2, 0.25) is 0 Å². The molecule has 1 aromatic heterocycles. The number of benzene rings is 1. The largest absolute Gasteiger partial charge is 0.491 e. The van der Waals surface area contributed by atoms with E-state index in [9.17, 15) is 5.11 Å². The molecule has 1 unspecified atom stereocenters. The molecule has 5 heteroatoms. The number of nitrogens with zero attached hydrogens (tertiary/aromatic N) is 3. The van der Waals surface area contributed by atoms with Crippen molar-refractivity contribution in [3.63, 3.8) is 0 Å². The zero-order chi connectivity index (χ0) is 19.1. The summed E-state index contributed by atoms with van der Waals surface area (Å²) in [4.78, 5) is 8.87. The number of ether oxygens (including phenoxy) is 1. The van der Waals surface area contributed by atoms with E-state index in [1.165, 1.54) is 5.56 Å². The first-order valence-corrected chi connectivity index (χ1v) is 9.80. The van der Waals surface area contributed by atoms with Gasteiger partial charge < -0.3 is 14.7 Å². The second-order valence-corrected chi connectivity index (χ2v) is 7.53. The fourth-order valence-corrected chi connectivity index (χ4v) is 3.70. The molecule has 0 amide bonds. The average Bonchev–Trinajstić information content (AvgIpc) is 2.69. The van der Waals surface area contributed by atoms with Gasteiger partial charge in [-0.25, -0.2) is 0 Å². The van der Waals surface area contributed by atoms with Crippen molar-refractivity contribution in [3.8, 4) is 5.75 Å². The van der Waals surface area contributed by atoms with E-state index < -0.39 is 6.10 Å². The molecule has 1 N–H and O–H groups in total. The number of likely N-dealkylation sites (tertiary alicyclic amines) is 1. The van der Waals surface area contributed by atoms with Gasteiger partial charge in [0.2, 0.25) is 0 Å². The minimum Gasteiger partial charge on any atom is -0.491 e. The Balaban J connectivity index is 1.38. The molecule has 27 heavy (non-hydrogen) atoms. The number of aliphatic hydroxyl groups is 1. The minimum atomic E-state index is -0.482. The second-order valence-electron chi connectivity index (χ2n) is 7.53. The van der Waals surface area contributed by atoms with E-state index in [1.807, 2.05) is 43.6 Å². The van der Waals surface area contributed by atoms with E-state index >= 15 is 0 Å². The van der Waals surface area contributed by atoms with E-state index in [-0.39, 0.29) is 0 Å². The number of likely N-dealkylation sites (N-methyl/N-ethyl adjacent to an activating group) is 1. The van der Waals surface area contributed by atoms with Crippen molar-refractivity contribution in [2.45, 2.75) is 38.5 Å². The van der Waals surface area contributed by atoms with E-state index in [0.29, 0.717) is 19.2 Å². The Morgan fingerprint density at radius 1 is 1.19 bits per heavy atom. The van der Waals surface area contributed by atoms with Crippen LogP contribution in [0, 0.1) is 6.92 Å². The molecular formula is C22H31N3O2. The van der Waals surface area contributed by atoms with E-state index in [2.05, 4.69) is 34.0 Å². The minimum absolute atomic E-state index is 0.329. The topological polar surface area (TPSA) is 48.8 Å². The monoisotopic (exact) mass is 369 g/mol. The van der Waals surface area contributed by atoms with E-state index in [1.54, 1.807) is 0 Å². The maximum atomic E-state index is 10.4. The van der Waals surface area contributed by atoms with Crippen LogP contribution < -0.4 is 4.74 Å². The molecule has 0 saturated carbocycles. The zero-order valence-corrected chi connectivity index (χ0v) is 16.4.